The normalized spacial score (nSPS) is 19.4. The van der Waals surface area contributed by atoms with Crippen molar-refractivity contribution in [2.75, 3.05) is 13.1 Å². The van der Waals surface area contributed by atoms with E-state index in [1.54, 1.807) is 30.0 Å². The summed E-state index contributed by atoms with van der Waals surface area (Å²) >= 11 is 0. The fraction of sp³-hybridized carbons (Fsp3) is 0.467. The van der Waals surface area contributed by atoms with Gasteiger partial charge in [0.25, 0.3) is 0 Å². The van der Waals surface area contributed by atoms with Crippen molar-refractivity contribution in [2.24, 2.45) is 5.92 Å². The maximum atomic E-state index is 12.0. The van der Waals surface area contributed by atoms with E-state index in [2.05, 4.69) is 11.4 Å². The molecule has 1 aliphatic heterocycles. The number of nitrogens with zero attached hydrogens (tertiary/aromatic N) is 2. The molecule has 1 aliphatic rings. The van der Waals surface area contributed by atoms with E-state index < -0.39 is 0 Å². The van der Waals surface area contributed by atoms with Crippen LogP contribution >= 0.6 is 0 Å². The number of aliphatic hydroxyl groups excluding tert-OH is 1. The number of nitriles is 1. The van der Waals surface area contributed by atoms with E-state index in [-0.39, 0.29) is 18.1 Å². The highest BCUT2D eigenvalue weighted by Crippen LogP contribution is 2.19. The highest BCUT2D eigenvalue weighted by molar-refractivity contribution is 5.74. The largest absolute Gasteiger partial charge is 0.393 e. The Hall–Kier alpha value is -2.06. The molecule has 5 nitrogen and oxygen atoms in total. The number of likely N-dealkylation sites (tertiary alicyclic amines) is 1. The minimum absolute atomic E-state index is 0.115. The predicted octanol–water partition coefficient (Wildman–Crippen LogP) is 1.47. The zero-order chi connectivity index (χ0) is 14.5. The molecule has 0 radical (unpaired) electrons. The highest BCUT2D eigenvalue weighted by atomic mass is 16.3. The highest BCUT2D eigenvalue weighted by Gasteiger charge is 2.28. The lowest BCUT2D eigenvalue weighted by Crippen LogP contribution is -2.38. The van der Waals surface area contributed by atoms with Gasteiger partial charge < -0.3 is 15.3 Å². The Morgan fingerprint density at radius 1 is 1.65 bits per heavy atom. The second kappa shape index (κ2) is 6.40. The van der Waals surface area contributed by atoms with Gasteiger partial charge in [0.05, 0.1) is 17.7 Å². The minimum Gasteiger partial charge on any atom is -0.393 e. The van der Waals surface area contributed by atoms with E-state index in [9.17, 15) is 9.90 Å². The van der Waals surface area contributed by atoms with Crippen molar-refractivity contribution in [3.8, 4) is 6.07 Å². The first-order valence-electron chi connectivity index (χ1n) is 6.80. The lowest BCUT2D eigenvalue weighted by atomic mass is 10.0. The van der Waals surface area contributed by atoms with Crippen molar-refractivity contribution in [2.45, 2.75) is 26.0 Å². The van der Waals surface area contributed by atoms with E-state index in [1.165, 1.54) is 0 Å². The Morgan fingerprint density at radius 3 is 3.10 bits per heavy atom. The first-order chi connectivity index (χ1) is 9.60. The van der Waals surface area contributed by atoms with Crippen molar-refractivity contribution >= 4 is 6.03 Å². The fourth-order valence-electron chi connectivity index (χ4n) is 2.41. The van der Waals surface area contributed by atoms with Gasteiger partial charge in [-0.1, -0.05) is 12.1 Å². The maximum absolute atomic E-state index is 12.0. The summed E-state index contributed by atoms with van der Waals surface area (Å²) in [5, 5.41) is 21.2. The summed E-state index contributed by atoms with van der Waals surface area (Å²) in [7, 11) is 0. The molecule has 1 heterocycles. The molecule has 1 saturated heterocycles. The summed E-state index contributed by atoms with van der Waals surface area (Å²) in [5.74, 6) is 0.169. The van der Waals surface area contributed by atoms with Crippen LogP contribution in [0, 0.1) is 17.2 Å². The van der Waals surface area contributed by atoms with Crippen LogP contribution in [0.1, 0.15) is 24.5 Å². The van der Waals surface area contributed by atoms with Gasteiger partial charge in [0, 0.05) is 25.6 Å². The van der Waals surface area contributed by atoms with Crippen LogP contribution < -0.4 is 5.32 Å². The summed E-state index contributed by atoms with van der Waals surface area (Å²) in [5.41, 5.74) is 1.50. The molecule has 5 heteroatoms. The van der Waals surface area contributed by atoms with Crippen LogP contribution in [0.5, 0.6) is 0 Å². The number of hydrogen-bond acceptors (Lipinski definition) is 3. The monoisotopic (exact) mass is 273 g/mol. The van der Waals surface area contributed by atoms with Crippen LogP contribution in [0.2, 0.25) is 0 Å². The van der Waals surface area contributed by atoms with Gasteiger partial charge in [-0.3, -0.25) is 0 Å². The topological polar surface area (TPSA) is 76.4 Å². The summed E-state index contributed by atoms with van der Waals surface area (Å²) < 4.78 is 0. The van der Waals surface area contributed by atoms with E-state index in [1.807, 2.05) is 6.07 Å². The van der Waals surface area contributed by atoms with Gasteiger partial charge >= 0.3 is 6.03 Å². The second-order valence-electron chi connectivity index (χ2n) is 5.21. The molecule has 0 spiro atoms. The van der Waals surface area contributed by atoms with E-state index in [0.29, 0.717) is 25.2 Å². The molecule has 2 atom stereocenters. The van der Waals surface area contributed by atoms with E-state index >= 15 is 0 Å². The Labute approximate surface area is 118 Å². The standard InChI is InChI=1S/C15H19N3O2/c1-11(19)14-5-6-18(10-14)15(20)17-9-13-4-2-3-12(7-13)8-16/h2-4,7,11,14,19H,5-6,9-10H2,1H3,(H,17,20)/t11-,14+/m0/s1. The first-order valence-corrected chi connectivity index (χ1v) is 6.80. The molecular formula is C15H19N3O2. The maximum Gasteiger partial charge on any atom is 0.317 e. The number of carbonyl (C=O) groups is 1. The van der Waals surface area contributed by atoms with Crippen molar-refractivity contribution in [1.82, 2.24) is 10.2 Å². The van der Waals surface area contributed by atoms with Gasteiger partial charge in [0.1, 0.15) is 0 Å². The minimum atomic E-state index is -0.375. The number of hydrogen-bond donors (Lipinski definition) is 2. The van der Waals surface area contributed by atoms with Gasteiger partial charge in [-0.15, -0.1) is 0 Å². The zero-order valence-electron chi connectivity index (χ0n) is 11.5. The van der Waals surface area contributed by atoms with E-state index in [4.69, 9.17) is 5.26 Å². The Balaban J connectivity index is 1.85. The van der Waals surface area contributed by atoms with Crippen molar-refractivity contribution < 1.29 is 9.90 Å². The first kappa shape index (κ1) is 14.4. The summed E-state index contributed by atoms with van der Waals surface area (Å²) in [6, 6.07) is 9.15. The molecule has 1 aromatic rings. The molecule has 1 fully saturated rings. The van der Waals surface area contributed by atoms with Gasteiger partial charge in [-0.2, -0.15) is 5.26 Å². The third-order valence-corrected chi connectivity index (χ3v) is 3.69. The smallest absolute Gasteiger partial charge is 0.317 e. The Bertz CT molecular complexity index is 522. The third kappa shape index (κ3) is 3.49. The van der Waals surface area contributed by atoms with Crippen LogP contribution in [-0.2, 0) is 6.54 Å². The quantitative estimate of drug-likeness (QED) is 0.875. The van der Waals surface area contributed by atoms with Gasteiger partial charge in [0.15, 0.2) is 0 Å². The molecule has 2 rings (SSSR count). The Kier molecular flexibility index (Phi) is 4.59. The molecule has 20 heavy (non-hydrogen) atoms. The van der Waals surface area contributed by atoms with Crippen LogP contribution in [0.4, 0.5) is 4.79 Å². The molecule has 0 bridgehead atoms. The van der Waals surface area contributed by atoms with Crippen LogP contribution in [0.3, 0.4) is 0 Å². The predicted molar refractivity (Wildman–Crippen MR) is 74.8 cm³/mol. The molecule has 1 aromatic carbocycles. The van der Waals surface area contributed by atoms with Crippen molar-refractivity contribution in [3.63, 3.8) is 0 Å². The van der Waals surface area contributed by atoms with Crippen LogP contribution in [0.25, 0.3) is 0 Å². The molecule has 0 aromatic heterocycles. The number of benzene rings is 1. The third-order valence-electron chi connectivity index (χ3n) is 3.69. The lowest BCUT2D eigenvalue weighted by molar-refractivity contribution is 0.129. The van der Waals surface area contributed by atoms with Crippen molar-refractivity contribution in [3.05, 3.63) is 35.4 Å². The van der Waals surface area contributed by atoms with Crippen LogP contribution in [-0.4, -0.2) is 35.2 Å². The molecule has 106 valence electrons. The number of nitrogens with one attached hydrogen (secondary N) is 1. The number of amides is 2. The average molecular weight is 273 g/mol. The molecular weight excluding hydrogens is 254 g/mol. The van der Waals surface area contributed by atoms with Gasteiger partial charge in [-0.05, 0) is 31.0 Å². The Morgan fingerprint density at radius 2 is 2.45 bits per heavy atom. The molecule has 2 N–H and O–H groups in total. The van der Waals surface area contributed by atoms with Crippen LogP contribution in [0.15, 0.2) is 24.3 Å². The summed E-state index contributed by atoms with van der Waals surface area (Å²) in [6.07, 6.45) is 0.467. The van der Waals surface area contributed by atoms with E-state index in [0.717, 1.165) is 12.0 Å². The zero-order valence-corrected chi connectivity index (χ0v) is 11.5. The average Bonchev–Trinajstić information content (AvgIpc) is 2.95. The summed E-state index contributed by atoms with van der Waals surface area (Å²) in [4.78, 5) is 13.7. The lowest BCUT2D eigenvalue weighted by Gasteiger charge is -2.18. The number of aliphatic hydroxyl groups is 1. The SMILES string of the molecule is C[C@H](O)[C@@H]1CCN(C(=O)NCc2cccc(C#N)c2)C1. The molecule has 2 amide bonds. The molecule has 0 saturated carbocycles. The fourth-order valence-corrected chi connectivity index (χ4v) is 2.41. The molecule has 0 aliphatic carbocycles. The number of urea groups is 1. The number of carbonyl (C=O) groups excluding carboxylic acids is 1. The number of rotatable bonds is 3. The van der Waals surface area contributed by atoms with Gasteiger partial charge in [-0.25, -0.2) is 4.79 Å². The second-order valence-corrected chi connectivity index (χ2v) is 5.21. The van der Waals surface area contributed by atoms with Gasteiger partial charge in [0.2, 0.25) is 0 Å². The van der Waals surface area contributed by atoms with Crippen molar-refractivity contribution in [1.29, 1.82) is 5.26 Å². The summed E-state index contributed by atoms with van der Waals surface area (Å²) in [6.45, 7) is 3.45. The molecule has 0 unspecified atom stereocenters.